The van der Waals surface area contributed by atoms with Crippen LogP contribution in [0.5, 0.6) is 0 Å². The van der Waals surface area contributed by atoms with Crippen molar-refractivity contribution in [1.29, 1.82) is 0 Å². The van der Waals surface area contributed by atoms with Gasteiger partial charge in [0.05, 0.1) is 12.2 Å². The topological polar surface area (TPSA) is 419 Å². The van der Waals surface area contributed by atoms with Crippen molar-refractivity contribution in [2.24, 2.45) is 58.2 Å². The molecule has 420 valence electrons. The summed E-state index contributed by atoms with van der Waals surface area (Å²) >= 11 is 0. The maximum atomic E-state index is 10.0. The molecule has 0 aromatic heterocycles. The number of rotatable bonds is 12. The molecule has 6 fully saturated rings. The third kappa shape index (κ3) is 26.0. The molecule has 15 nitrogen and oxygen atoms in total. The second kappa shape index (κ2) is 43.2. The zero-order chi connectivity index (χ0) is 44.2. The summed E-state index contributed by atoms with van der Waals surface area (Å²) in [5, 5.41) is 36.7. The number of aliphatic hydroxyl groups is 2. The normalized spacial score (nSPS) is 29.6. The summed E-state index contributed by atoms with van der Waals surface area (Å²) in [7, 11) is 0. The minimum atomic E-state index is -2.33. The summed E-state index contributed by atoms with van der Waals surface area (Å²) in [6, 6.07) is 0. The molecule has 0 radical (unpaired) electrons. The zero-order valence-electron chi connectivity index (χ0n) is 46.7. The average molecular weight is 1060 g/mol. The third-order valence-corrected chi connectivity index (χ3v) is 16.7. The summed E-state index contributed by atoms with van der Waals surface area (Å²) in [5.41, 5.74) is 9.43. The molecule has 0 spiro atoms. The Hall–Kier alpha value is -0.770. The van der Waals surface area contributed by atoms with Crippen LogP contribution in [0.15, 0.2) is 70.9 Å². The third-order valence-electron chi connectivity index (χ3n) is 16.7. The van der Waals surface area contributed by atoms with Gasteiger partial charge in [-0.3, -0.25) is 0 Å². The van der Waals surface area contributed by atoms with Crippen molar-refractivity contribution in [3.63, 3.8) is 0 Å². The Morgan fingerprint density at radius 1 is 0.542 bits per heavy atom. The van der Waals surface area contributed by atoms with Gasteiger partial charge < -0.3 is 80.0 Å². The Morgan fingerprint density at radius 3 is 1.14 bits per heavy atom. The molecular formula is C55H108Na2O15. The predicted octanol–water partition coefficient (Wildman–Crippen LogP) is -1.45. The van der Waals surface area contributed by atoms with Crippen LogP contribution in [0.1, 0.15) is 197 Å². The van der Waals surface area contributed by atoms with Crippen LogP contribution in [0.25, 0.3) is 0 Å². The number of carbonyl (C=O) groups is 1. The summed E-state index contributed by atoms with van der Waals surface area (Å²) in [4.78, 5) is 8.33. The van der Waals surface area contributed by atoms with E-state index in [4.69, 9.17) is 15.0 Å². The Kier molecular flexibility index (Phi) is 54.5. The summed E-state index contributed by atoms with van der Waals surface area (Å²) in [5.74, 6) is 6.74. The fourth-order valence-corrected chi connectivity index (χ4v) is 13.3. The van der Waals surface area contributed by atoms with E-state index in [0.29, 0.717) is 10.8 Å². The Labute approximate surface area is 479 Å². The summed E-state index contributed by atoms with van der Waals surface area (Å²) in [6.45, 7) is 28.2. The number of allylic oxidation sites excluding steroid dienone is 8. The van der Waals surface area contributed by atoms with Crippen LogP contribution in [-0.4, -0.2) is 83.3 Å². The first-order valence-corrected chi connectivity index (χ1v) is 24.7. The first kappa shape index (κ1) is 90.7. The molecule has 0 bridgehead atoms. The molecule has 0 amide bonds. The van der Waals surface area contributed by atoms with Crippen molar-refractivity contribution in [3.05, 3.63) is 70.9 Å². The van der Waals surface area contributed by atoms with E-state index in [2.05, 4.69) is 92.9 Å². The molecule has 17 heteroatoms. The van der Waals surface area contributed by atoms with Gasteiger partial charge in [0, 0.05) is 0 Å². The van der Waals surface area contributed by atoms with Gasteiger partial charge in [-0.2, -0.15) is 0 Å². The van der Waals surface area contributed by atoms with E-state index in [9.17, 15) is 10.2 Å². The molecule has 0 aromatic carbocycles. The molecule has 0 aromatic rings. The van der Waals surface area contributed by atoms with Gasteiger partial charge in [0.1, 0.15) is 0 Å². The standard InChI is InChI=1S/2C27H44O.CH2O3.2Na.10H2O/c2*1-19(2)8-6-9-21(4)25-15-16-26-22(10-7-17-27(25,26)5)12-13-23-18-24(28)14-11-20(23)3;2-1(3)4;;;;;;;;;;;;/h2*12-13,19,21,24-26,28H,3,6-11,14-18H2,1-2,4-5H3;(H2,2,3,4);;;10*1H2/q;;;2*+1;;;;;;;;;;/p-2/b2*22-12?,23-13-;;;;;;;;;;;;;/t2*21-,24+,25-,26?,27-;;;;;;;;;;;;;/m11............./s1. The second-order valence-electron chi connectivity index (χ2n) is 21.9. The Balaban J connectivity index is -0.000000127. The first-order valence-electron chi connectivity index (χ1n) is 24.7. The van der Waals surface area contributed by atoms with Gasteiger partial charge in [-0.25, -0.2) is 0 Å². The van der Waals surface area contributed by atoms with Crippen LogP contribution >= 0.6 is 0 Å². The van der Waals surface area contributed by atoms with Crippen LogP contribution in [-0.2, 0) is 0 Å². The van der Waals surface area contributed by atoms with E-state index in [0.717, 1.165) is 85.9 Å². The minimum absolute atomic E-state index is 0. The van der Waals surface area contributed by atoms with Gasteiger partial charge in [0.25, 0.3) is 0 Å². The molecule has 0 aliphatic heterocycles. The second-order valence-corrected chi connectivity index (χ2v) is 21.9. The van der Waals surface area contributed by atoms with Gasteiger partial charge in [0.15, 0.2) is 0 Å². The van der Waals surface area contributed by atoms with E-state index in [-0.39, 0.29) is 126 Å². The molecule has 72 heavy (non-hydrogen) atoms. The number of fused-ring (bicyclic) bond motifs is 2. The van der Waals surface area contributed by atoms with Crippen molar-refractivity contribution < 1.29 is 139 Å². The molecule has 0 heterocycles. The molecule has 6 aliphatic rings. The zero-order valence-corrected chi connectivity index (χ0v) is 50.7. The van der Waals surface area contributed by atoms with Crippen molar-refractivity contribution in [3.8, 4) is 0 Å². The molecule has 22 N–H and O–H groups in total. The quantitative estimate of drug-likeness (QED) is 0.221. The molecule has 6 saturated carbocycles. The molecule has 2 unspecified atom stereocenters. The van der Waals surface area contributed by atoms with Crippen molar-refractivity contribution in [2.75, 3.05) is 0 Å². The van der Waals surface area contributed by atoms with Crippen LogP contribution in [0, 0.1) is 58.2 Å². The number of hydrogen-bond acceptors (Lipinski definition) is 5. The van der Waals surface area contributed by atoms with Gasteiger partial charge >= 0.3 is 59.1 Å². The first-order chi connectivity index (χ1) is 28.3. The monoisotopic (exact) mass is 1050 g/mol. The van der Waals surface area contributed by atoms with Gasteiger partial charge in [-0.1, -0.05) is 154 Å². The van der Waals surface area contributed by atoms with Crippen LogP contribution < -0.4 is 69.3 Å². The minimum Gasteiger partial charge on any atom is -0.652 e. The van der Waals surface area contributed by atoms with E-state index >= 15 is 0 Å². The van der Waals surface area contributed by atoms with Gasteiger partial charge in [-0.15, -0.1) is 0 Å². The average Bonchev–Trinajstić information content (AvgIpc) is 3.72. The van der Waals surface area contributed by atoms with Crippen LogP contribution in [0.4, 0.5) is 4.79 Å². The smallest absolute Gasteiger partial charge is 0.652 e. The van der Waals surface area contributed by atoms with Crippen molar-refractivity contribution in [1.82, 2.24) is 0 Å². The fourth-order valence-electron chi connectivity index (χ4n) is 13.3. The maximum Gasteiger partial charge on any atom is 1.00 e. The van der Waals surface area contributed by atoms with E-state index in [1.165, 1.54) is 125 Å². The Morgan fingerprint density at radius 2 is 0.847 bits per heavy atom. The number of carbonyl (C=O) groups excluding carboxylic acids is 1. The fraction of sp³-hybridized carbons (Fsp3) is 0.764. The van der Waals surface area contributed by atoms with Gasteiger partial charge in [0.2, 0.25) is 0 Å². The molecular weight excluding hydrogens is 947 g/mol. The van der Waals surface area contributed by atoms with Crippen LogP contribution in [0.2, 0.25) is 0 Å². The van der Waals surface area contributed by atoms with Crippen molar-refractivity contribution >= 4 is 6.16 Å². The van der Waals surface area contributed by atoms with E-state index < -0.39 is 6.16 Å². The van der Waals surface area contributed by atoms with Crippen LogP contribution in [0.3, 0.4) is 0 Å². The molecule has 6 rings (SSSR count). The Bertz CT molecular complexity index is 1470. The van der Waals surface area contributed by atoms with E-state index in [1.807, 2.05) is 0 Å². The predicted molar refractivity (Wildman–Crippen MR) is 284 cm³/mol. The molecule has 6 aliphatic carbocycles. The number of hydrogen-bond donors (Lipinski definition) is 2. The molecule has 0 saturated heterocycles. The van der Waals surface area contributed by atoms with Gasteiger partial charge in [-0.05, 0) is 178 Å². The number of carboxylic acid groups (broad SMARTS) is 2. The maximum absolute atomic E-state index is 10.0. The number of aliphatic hydroxyl groups excluding tert-OH is 2. The summed E-state index contributed by atoms with van der Waals surface area (Å²) < 4.78 is 0. The SMILES string of the molecule is C=C1CC[C@H](O)C/C1=C/C=C1CCC[C@@]2(C)C1CC[C@@H]2[C@H](C)CCCC(C)C.C=C1CC[C@H](O)C/C1=C/C=C1CCC[C@@]2(C)C1CC[C@@H]2[C@H](C)CCCC(C)C.O.O.O.O.O.O.O.O.O.O.O=C([O-])[O-].[Na+].[Na+]. The largest absolute Gasteiger partial charge is 1.00 e. The summed E-state index contributed by atoms with van der Waals surface area (Å²) in [6.07, 6.45) is 34.1. The van der Waals surface area contributed by atoms with Crippen molar-refractivity contribution in [2.45, 2.75) is 209 Å². The molecule has 10 atom stereocenters. The van der Waals surface area contributed by atoms with E-state index in [1.54, 1.807) is 11.1 Å².